The van der Waals surface area contributed by atoms with E-state index in [-0.39, 0.29) is 11.0 Å². The molecule has 0 radical (unpaired) electrons. The number of ether oxygens (including phenoxy) is 1. The number of fused-ring (bicyclic) bond motifs is 3. The molecule has 0 atom stereocenters. The topological polar surface area (TPSA) is 46.6 Å². The molecule has 0 saturated heterocycles. The molecule has 1 fully saturated rings. The Morgan fingerprint density at radius 1 is 1.00 bits per heavy atom. The molecule has 0 bridgehead atoms. The van der Waals surface area contributed by atoms with Gasteiger partial charge in [-0.1, -0.05) is 37.1 Å². The molecule has 0 unspecified atom stereocenters. The van der Waals surface area contributed by atoms with E-state index in [4.69, 9.17) is 4.74 Å². The number of sulfonamides is 1. The normalized spacial score (nSPS) is 22.2. The van der Waals surface area contributed by atoms with Crippen LogP contribution in [0, 0.1) is 0 Å². The molecule has 2 aromatic rings. The van der Waals surface area contributed by atoms with Gasteiger partial charge in [-0.2, -0.15) is 0 Å². The van der Waals surface area contributed by atoms with Gasteiger partial charge in [-0.3, -0.25) is 4.31 Å². The second-order valence-electron chi connectivity index (χ2n) is 8.63. The van der Waals surface area contributed by atoms with Crippen molar-refractivity contribution in [2.75, 3.05) is 10.8 Å². The van der Waals surface area contributed by atoms with Crippen molar-refractivity contribution < 1.29 is 13.2 Å². The molecule has 1 saturated carbocycles. The van der Waals surface area contributed by atoms with Gasteiger partial charge in [0.2, 0.25) is 0 Å². The lowest BCUT2D eigenvalue weighted by Gasteiger charge is -2.25. The van der Waals surface area contributed by atoms with E-state index in [1.54, 1.807) is 10.4 Å². The van der Waals surface area contributed by atoms with E-state index < -0.39 is 10.0 Å². The lowest BCUT2D eigenvalue weighted by molar-refractivity contribution is -0.00789. The molecule has 27 heavy (non-hydrogen) atoms. The van der Waals surface area contributed by atoms with Crippen molar-refractivity contribution in [2.24, 2.45) is 0 Å². The van der Waals surface area contributed by atoms with E-state index in [0.29, 0.717) is 18.0 Å². The van der Waals surface area contributed by atoms with Crippen LogP contribution >= 0.6 is 0 Å². The maximum Gasteiger partial charge on any atom is 0.264 e. The van der Waals surface area contributed by atoms with Crippen LogP contribution in [-0.2, 0) is 32.4 Å². The summed E-state index contributed by atoms with van der Waals surface area (Å²) in [7, 11) is -3.60. The third kappa shape index (κ3) is 2.41. The number of para-hydroxylation sites is 1. The number of benzene rings is 2. The van der Waals surface area contributed by atoms with Gasteiger partial charge in [0.05, 0.1) is 22.8 Å². The van der Waals surface area contributed by atoms with Crippen LogP contribution < -0.4 is 4.31 Å². The van der Waals surface area contributed by atoms with Crippen LogP contribution in [0.15, 0.2) is 47.4 Å². The molecule has 4 nitrogen and oxygen atoms in total. The SMILES string of the molecule is CC1(C)OCc2cc(S(=O)(=O)N3CC4(CCCC4)c4ccccc43)ccc21. The Kier molecular flexibility index (Phi) is 3.57. The standard InChI is InChI=1S/C22H25NO3S/c1-21(2)18-10-9-17(13-16(18)14-26-21)27(24,25)23-15-22(11-5-6-12-22)19-7-3-4-8-20(19)23/h3-4,7-10,13H,5-6,11-12,14-15H2,1-2H3. The first-order chi connectivity index (χ1) is 12.8. The zero-order valence-corrected chi connectivity index (χ0v) is 16.7. The van der Waals surface area contributed by atoms with E-state index in [9.17, 15) is 8.42 Å². The lowest BCUT2D eigenvalue weighted by atomic mass is 9.81. The first kappa shape index (κ1) is 17.3. The summed E-state index contributed by atoms with van der Waals surface area (Å²) in [5.41, 5.74) is 3.75. The monoisotopic (exact) mass is 383 g/mol. The highest BCUT2D eigenvalue weighted by Crippen LogP contribution is 2.51. The van der Waals surface area contributed by atoms with E-state index in [2.05, 4.69) is 6.07 Å². The number of hydrogen-bond acceptors (Lipinski definition) is 3. The highest BCUT2D eigenvalue weighted by atomic mass is 32.2. The molecule has 142 valence electrons. The average molecular weight is 384 g/mol. The average Bonchev–Trinajstić information content (AvgIpc) is 3.34. The summed E-state index contributed by atoms with van der Waals surface area (Å²) in [4.78, 5) is 0.368. The summed E-state index contributed by atoms with van der Waals surface area (Å²) >= 11 is 0. The molecule has 5 rings (SSSR count). The predicted octanol–water partition coefficient (Wildman–Crippen LogP) is 4.47. The Labute approximate surface area is 161 Å². The molecule has 1 aliphatic carbocycles. The predicted molar refractivity (Wildman–Crippen MR) is 105 cm³/mol. The molecular weight excluding hydrogens is 358 g/mol. The zero-order valence-electron chi connectivity index (χ0n) is 15.9. The van der Waals surface area contributed by atoms with Crippen molar-refractivity contribution in [3.8, 4) is 0 Å². The van der Waals surface area contributed by atoms with Gasteiger partial charge in [0.15, 0.2) is 0 Å². The fourth-order valence-corrected chi connectivity index (χ4v) is 6.80. The largest absolute Gasteiger partial charge is 0.366 e. The summed E-state index contributed by atoms with van der Waals surface area (Å²) < 4.78 is 34.6. The minimum Gasteiger partial charge on any atom is -0.366 e. The second kappa shape index (κ2) is 5.58. The Balaban J connectivity index is 1.59. The summed E-state index contributed by atoms with van der Waals surface area (Å²) in [6, 6.07) is 13.5. The molecule has 0 amide bonds. The molecular formula is C22H25NO3S. The first-order valence-corrected chi connectivity index (χ1v) is 11.2. The quantitative estimate of drug-likeness (QED) is 0.768. The van der Waals surface area contributed by atoms with Crippen molar-refractivity contribution in [3.63, 3.8) is 0 Å². The third-order valence-electron chi connectivity index (χ3n) is 6.65. The van der Waals surface area contributed by atoms with Crippen molar-refractivity contribution in [1.29, 1.82) is 0 Å². The Morgan fingerprint density at radius 2 is 1.74 bits per heavy atom. The number of nitrogens with zero attached hydrogens (tertiary/aromatic N) is 1. The lowest BCUT2D eigenvalue weighted by Crippen LogP contribution is -2.35. The van der Waals surface area contributed by atoms with Crippen LogP contribution in [-0.4, -0.2) is 15.0 Å². The van der Waals surface area contributed by atoms with Gasteiger partial charge < -0.3 is 4.74 Å². The zero-order chi connectivity index (χ0) is 18.9. The molecule has 1 spiro atoms. The molecule has 2 heterocycles. The van der Waals surface area contributed by atoms with Gasteiger partial charge >= 0.3 is 0 Å². The molecule has 0 aromatic heterocycles. The van der Waals surface area contributed by atoms with Gasteiger partial charge in [0, 0.05) is 12.0 Å². The smallest absolute Gasteiger partial charge is 0.264 e. The maximum absolute atomic E-state index is 13.6. The number of hydrogen-bond donors (Lipinski definition) is 0. The number of rotatable bonds is 2. The summed E-state index contributed by atoms with van der Waals surface area (Å²) in [6.45, 7) is 5.07. The van der Waals surface area contributed by atoms with Gasteiger partial charge in [-0.15, -0.1) is 0 Å². The molecule has 3 aliphatic rings. The van der Waals surface area contributed by atoms with Crippen molar-refractivity contribution in [3.05, 3.63) is 59.2 Å². The fourth-order valence-electron chi connectivity index (χ4n) is 5.18. The van der Waals surface area contributed by atoms with E-state index in [1.165, 1.54) is 18.4 Å². The molecule has 0 N–H and O–H groups in total. The van der Waals surface area contributed by atoms with E-state index >= 15 is 0 Å². The second-order valence-corrected chi connectivity index (χ2v) is 10.5. The highest BCUT2D eigenvalue weighted by Gasteiger charge is 2.48. The molecule has 2 aliphatic heterocycles. The summed E-state index contributed by atoms with van der Waals surface area (Å²) in [6.07, 6.45) is 4.49. The van der Waals surface area contributed by atoms with Crippen LogP contribution in [0.4, 0.5) is 5.69 Å². The van der Waals surface area contributed by atoms with Crippen LogP contribution in [0.2, 0.25) is 0 Å². The van der Waals surface area contributed by atoms with Crippen LogP contribution in [0.25, 0.3) is 0 Å². The summed E-state index contributed by atoms with van der Waals surface area (Å²) in [5, 5.41) is 0. The minimum absolute atomic E-state index is 0.00844. The van der Waals surface area contributed by atoms with Gasteiger partial charge in [-0.25, -0.2) is 8.42 Å². The van der Waals surface area contributed by atoms with Crippen molar-refractivity contribution in [1.82, 2.24) is 0 Å². The van der Waals surface area contributed by atoms with Crippen molar-refractivity contribution >= 4 is 15.7 Å². The first-order valence-electron chi connectivity index (χ1n) is 9.73. The van der Waals surface area contributed by atoms with Crippen LogP contribution in [0.1, 0.15) is 56.2 Å². The van der Waals surface area contributed by atoms with Gasteiger partial charge in [0.1, 0.15) is 0 Å². The minimum atomic E-state index is -3.60. The van der Waals surface area contributed by atoms with E-state index in [0.717, 1.165) is 29.7 Å². The Morgan fingerprint density at radius 3 is 2.52 bits per heavy atom. The number of anilines is 1. The summed E-state index contributed by atoms with van der Waals surface area (Å²) in [5.74, 6) is 0. The van der Waals surface area contributed by atoms with Crippen molar-refractivity contribution in [2.45, 2.75) is 62.0 Å². The van der Waals surface area contributed by atoms with E-state index in [1.807, 2.05) is 44.2 Å². The van der Waals surface area contributed by atoms with Crippen LogP contribution in [0.3, 0.4) is 0 Å². The Bertz CT molecular complexity index is 1020. The van der Waals surface area contributed by atoms with Gasteiger partial charge in [-0.05, 0) is 61.6 Å². The third-order valence-corrected chi connectivity index (χ3v) is 8.41. The molecule has 2 aromatic carbocycles. The maximum atomic E-state index is 13.6. The Hall–Kier alpha value is -1.85. The fraction of sp³-hybridized carbons (Fsp3) is 0.455. The van der Waals surface area contributed by atoms with Gasteiger partial charge in [0.25, 0.3) is 10.0 Å². The molecule has 5 heteroatoms. The highest BCUT2D eigenvalue weighted by molar-refractivity contribution is 7.92. The van der Waals surface area contributed by atoms with Crippen LogP contribution in [0.5, 0.6) is 0 Å².